The van der Waals surface area contributed by atoms with Crippen LogP contribution in [0.5, 0.6) is 0 Å². The van der Waals surface area contributed by atoms with Crippen molar-refractivity contribution in [2.75, 3.05) is 30.0 Å². The summed E-state index contributed by atoms with van der Waals surface area (Å²) in [4.78, 5) is 24.5. The van der Waals surface area contributed by atoms with E-state index >= 15 is 0 Å². The smallest absolute Gasteiger partial charge is 0.278 e. The van der Waals surface area contributed by atoms with E-state index in [-0.39, 0.29) is 5.56 Å². The Kier molecular flexibility index (Phi) is 5.31. The first kappa shape index (κ1) is 17.6. The van der Waals surface area contributed by atoms with Gasteiger partial charge >= 0.3 is 0 Å². The van der Waals surface area contributed by atoms with Gasteiger partial charge in [-0.15, -0.1) is 0 Å². The van der Waals surface area contributed by atoms with Gasteiger partial charge in [-0.3, -0.25) is 23.9 Å². The molecule has 10 heteroatoms. The minimum atomic E-state index is -3.45. The topological polar surface area (TPSA) is 114 Å². The number of aromatic nitrogens is 2. The molecular formula is C14H17N5O4S. The molecule has 0 aliphatic heterocycles. The minimum absolute atomic E-state index is 0.233. The first-order chi connectivity index (χ1) is 11.3. The zero-order valence-corrected chi connectivity index (χ0v) is 14.2. The Morgan fingerprint density at radius 3 is 2.50 bits per heavy atom. The summed E-state index contributed by atoms with van der Waals surface area (Å²) >= 11 is 0. The Bertz CT molecular complexity index is 841. The van der Waals surface area contributed by atoms with Gasteiger partial charge < -0.3 is 5.32 Å². The quantitative estimate of drug-likeness (QED) is 0.744. The molecule has 2 N–H and O–H groups in total. The fourth-order valence-corrected chi connectivity index (χ4v) is 2.43. The van der Waals surface area contributed by atoms with Crippen LogP contribution in [0.4, 0.5) is 17.1 Å². The highest BCUT2D eigenvalue weighted by molar-refractivity contribution is 7.92. The molecule has 0 saturated heterocycles. The Hall–Kier alpha value is -2.72. The van der Waals surface area contributed by atoms with Crippen molar-refractivity contribution in [3.05, 3.63) is 42.5 Å². The number of pyridine rings is 2. The molecule has 2 rings (SSSR count). The fourth-order valence-electron chi connectivity index (χ4n) is 1.91. The van der Waals surface area contributed by atoms with Gasteiger partial charge in [0.05, 0.1) is 42.2 Å². The maximum Gasteiger partial charge on any atom is 0.278 e. The third-order valence-electron chi connectivity index (χ3n) is 3.16. The molecule has 2 aromatic rings. The Labute approximate surface area is 139 Å². The standard InChI is InChI=1S/C14H17N5O4S/c1-19(24(3,21)22)13-5-7-16-9-12(13)17-11-4-6-15-8-10(11)14(20)18-23-2/h4-9H,1-3H3,(H,15,17)(H,18,20). The van der Waals surface area contributed by atoms with Crippen molar-refractivity contribution in [3.8, 4) is 0 Å². The monoisotopic (exact) mass is 351 g/mol. The van der Waals surface area contributed by atoms with Crippen LogP contribution in [0, 0.1) is 0 Å². The second kappa shape index (κ2) is 7.23. The summed E-state index contributed by atoms with van der Waals surface area (Å²) in [6.45, 7) is 0. The Morgan fingerprint density at radius 2 is 1.83 bits per heavy atom. The van der Waals surface area contributed by atoms with Gasteiger partial charge in [-0.05, 0) is 12.1 Å². The number of amides is 1. The molecule has 9 nitrogen and oxygen atoms in total. The van der Waals surface area contributed by atoms with Gasteiger partial charge in [-0.2, -0.15) is 0 Å². The number of rotatable bonds is 6. The van der Waals surface area contributed by atoms with E-state index in [1.165, 1.54) is 38.9 Å². The molecule has 0 fully saturated rings. The normalized spacial score (nSPS) is 11.0. The van der Waals surface area contributed by atoms with Gasteiger partial charge in [0.2, 0.25) is 10.0 Å². The number of carbonyl (C=O) groups is 1. The SMILES string of the molecule is CONC(=O)c1cnccc1Nc1cnccc1N(C)S(C)(=O)=O. The highest BCUT2D eigenvalue weighted by Gasteiger charge is 2.18. The summed E-state index contributed by atoms with van der Waals surface area (Å²) in [5.41, 5.74) is 3.68. The van der Waals surface area contributed by atoms with Gasteiger partial charge in [-0.1, -0.05) is 0 Å². The van der Waals surface area contributed by atoms with Crippen LogP contribution in [-0.2, 0) is 14.9 Å². The summed E-state index contributed by atoms with van der Waals surface area (Å²) in [6.07, 6.45) is 6.92. The van der Waals surface area contributed by atoms with Crippen molar-refractivity contribution in [3.63, 3.8) is 0 Å². The summed E-state index contributed by atoms with van der Waals surface area (Å²) in [7, 11) is -0.699. The molecule has 0 aliphatic carbocycles. The second-order valence-corrected chi connectivity index (χ2v) is 6.82. The molecule has 2 aromatic heterocycles. The number of sulfonamides is 1. The summed E-state index contributed by atoms with van der Waals surface area (Å²) < 4.78 is 24.7. The molecule has 24 heavy (non-hydrogen) atoms. The average molecular weight is 351 g/mol. The third-order valence-corrected chi connectivity index (χ3v) is 4.36. The summed E-state index contributed by atoms with van der Waals surface area (Å²) in [5, 5.41) is 3.01. The van der Waals surface area contributed by atoms with Crippen molar-refractivity contribution in [1.29, 1.82) is 0 Å². The van der Waals surface area contributed by atoms with E-state index in [2.05, 4.69) is 25.6 Å². The second-order valence-electron chi connectivity index (χ2n) is 4.80. The molecule has 0 aromatic carbocycles. The third kappa shape index (κ3) is 3.97. The lowest BCUT2D eigenvalue weighted by molar-refractivity contribution is 0.0538. The lowest BCUT2D eigenvalue weighted by Gasteiger charge is -2.21. The molecule has 0 radical (unpaired) electrons. The number of hydroxylamine groups is 1. The van der Waals surface area contributed by atoms with Crippen LogP contribution >= 0.6 is 0 Å². The first-order valence-electron chi connectivity index (χ1n) is 6.77. The number of hydrogen-bond donors (Lipinski definition) is 2. The van der Waals surface area contributed by atoms with Crippen LogP contribution in [0.3, 0.4) is 0 Å². The van der Waals surface area contributed by atoms with E-state index in [1.54, 1.807) is 12.1 Å². The van der Waals surface area contributed by atoms with E-state index in [0.717, 1.165) is 10.6 Å². The molecule has 0 spiro atoms. The van der Waals surface area contributed by atoms with E-state index in [4.69, 9.17) is 0 Å². The average Bonchev–Trinajstić information content (AvgIpc) is 2.54. The minimum Gasteiger partial charge on any atom is -0.352 e. The van der Waals surface area contributed by atoms with E-state index < -0.39 is 15.9 Å². The van der Waals surface area contributed by atoms with Crippen LogP contribution in [0.2, 0.25) is 0 Å². The van der Waals surface area contributed by atoms with E-state index in [9.17, 15) is 13.2 Å². The summed E-state index contributed by atoms with van der Waals surface area (Å²) in [6, 6.07) is 3.14. The number of carbonyl (C=O) groups excluding carboxylic acids is 1. The molecule has 0 atom stereocenters. The van der Waals surface area contributed by atoms with Crippen molar-refractivity contribution < 1.29 is 18.0 Å². The molecule has 128 valence electrons. The Morgan fingerprint density at radius 1 is 1.17 bits per heavy atom. The number of anilines is 3. The molecule has 0 unspecified atom stereocenters. The van der Waals surface area contributed by atoms with E-state index in [1.807, 2.05) is 0 Å². The molecule has 2 heterocycles. The van der Waals surface area contributed by atoms with Crippen LogP contribution in [0.1, 0.15) is 10.4 Å². The molecule has 1 amide bonds. The zero-order chi connectivity index (χ0) is 17.7. The fraction of sp³-hybridized carbons (Fsp3) is 0.214. The summed E-state index contributed by atoms with van der Waals surface area (Å²) in [5.74, 6) is -0.491. The van der Waals surface area contributed by atoms with Gasteiger partial charge in [0.25, 0.3) is 5.91 Å². The lowest BCUT2D eigenvalue weighted by atomic mass is 10.2. The first-order valence-corrected chi connectivity index (χ1v) is 8.61. The van der Waals surface area contributed by atoms with Crippen molar-refractivity contribution in [2.45, 2.75) is 0 Å². The lowest BCUT2D eigenvalue weighted by Crippen LogP contribution is -2.26. The molecular weight excluding hydrogens is 334 g/mol. The van der Waals surface area contributed by atoms with Crippen LogP contribution in [0.25, 0.3) is 0 Å². The highest BCUT2D eigenvalue weighted by Crippen LogP contribution is 2.29. The molecule has 0 bridgehead atoms. The van der Waals surface area contributed by atoms with Crippen molar-refractivity contribution in [2.24, 2.45) is 0 Å². The van der Waals surface area contributed by atoms with Gasteiger partial charge in [0.15, 0.2) is 0 Å². The predicted molar refractivity (Wildman–Crippen MR) is 89.5 cm³/mol. The van der Waals surface area contributed by atoms with Crippen LogP contribution < -0.4 is 15.1 Å². The zero-order valence-electron chi connectivity index (χ0n) is 13.3. The van der Waals surface area contributed by atoms with E-state index in [0.29, 0.717) is 17.1 Å². The van der Waals surface area contributed by atoms with Gasteiger partial charge in [0, 0.05) is 25.6 Å². The molecule has 0 aliphatic rings. The van der Waals surface area contributed by atoms with Crippen molar-refractivity contribution in [1.82, 2.24) is 15.4 Å². The van der Waals surface area contributed by atoms with Gasteiger partial charge in [0.1, 0.15) is 0 Å². The number of nitrogens with one attached hydrogen (secondary N) is 2. The van der Waals surface area contributed by atoms with Gasteiger partial charge in [-0.25, -0.2) is 13.9 Å². The van der Waals surface area contributed by atoms with Crippen molar-refractivity contribution >= 4 is 33.0 Å². The van der Waals surface area contributed by atoms with Crippen LogP contribution in [-0.4, -0.2) is 44.7 Å². The number of nitrogens with zero attached hydrogens (tertiary/aromatic N) is 3. The largest absolute Gasteiger partial charge is 0.352 e. The highest BCUT2D eigenvalue weighted by atomic mass is 32.2. The predicted octanol–water partition coefficient (Wildman–Crippen LogP) is 0.907. The maximum atomic E-state index is 12.0. The van der Waals surface area contributed by atoms with Crippen LogP contribution in [0.15, 0.2) is 36.9 Å². The maximum absolute atomic E-state index is 12.0. The number of hydrogen-bond acceptors (Lipinski definition) is 7. The molecule has 0 saturated carbocycles. The Balaban J connectivity index is 2.42.